The molecule has 0 saturated carbocycles. The molecule has 2 rings (SSSR count). The Hall–Kier alpha value is -1.35. The van der Waals surface area contributed by atoms with Crippen LogP contribution in [0.3, 0.4) is 0 Å². The molecule has 0 saturated heterocycles. The maximum atomic E-state index is 9.19. The number of phenolic OH excluding ortho intramolecular Hbond substituents is 1. The first kappa shape index (κ1) is 7.31. The van der Waals surface area contributed by atoms with Gasteiger partial charge < -0.3 is 14.6 Å². The van der Waals surface area contributed by atoms with Crippen molar-refractivity contribution in [2.24, 2.45) is 0 Å². The molecule has 4 heteroatoms. The minimum atomic E-state index is -0.0569. The Balaban J connectivity index is 2.93. The molecule has 1 aromatic carbocycles. The van der Waals surface area contributed by atoms with Gasteiger partial charge in [0.25, 0.3) is 0 Å². The Morgan fingerprint density at radius 2 is 1.92 bits per heavy atom. The lowest BCUT2D eigenvalue weighted by Crippen LogP contribution is -1.69. The van der Waals surface area contributed by atoms with E-state index in [1.807, 2.05) is 0 Å². The first-order chi connectivity index (χ1) is 5.70. The van der Waals surface area contributed by atoms with Crippen LogP contribution in [0.5, 0.6) is 11.5 Å². The Kier molecular flexibility index (Phi) is 1.41. The Morgan fingerprint density at radius 3 is 2.67 bits per heavy atom. The van der Waals surface area contributed by atoms with Crippen LogP contribution in [0.25, 0.3) is 11.0 Å². The highest BCUT2D eigenvalue weighted by Gasteiger charge is 2.10. The first-order valence-corrected chi connectivity index (χ1v) is 3.65. The van der Waals surface area contributed by atoms with Crippen LogP contribution in [0.15, 0.2) is 22.8 Å². The van der Waals surface area contributed by atoms with Gasteiger partial charge in [0, 0.05) is 0 Å². The van der Waals surface area contributed by atoms with Gasteiger partial charge in [0.15, 0.2) is 11.3 Å². The Morgan fingerprint density at radius 1 is 1.17 bits per heavy atom. The minimum Gasteiger partial charge on any atom is -0.506 e. The number of benzene rings is 1. The van der Waals surface area contributed by atoms with E-state index in [0.717, 1.165) is 0 Å². The van der Waals surface area contributed by atoms with Crippen molar-refractivity contribution >= 4 is 22.6 Å². The number of halogens is 1. The van der Waals surface area contributed by atoms with Gasteiger partial charge in [0.05, 0.1) is 5.39 Å². The lowest BCUT2D eigenvalue weighted by molar-refractivity contribution is 0.463. The average molecular weight is 185 g/mol. The summed E-state index contributed by atoms with van der Waals surface area (Å²) in [5.41, 5.74) is 0.300. The topological polar surface area (TPSA) is 53.6 Å². The molecular formula is C8H5ClO3. The van der Waals surface area contributed by atoms with Gasteiger partial charge >= 0.3 is 0 Å². The maximum absolute atomic E-state index is 9.19. The molecule has 0 bridgehead atoms. The van der Waals surface area contributed by atoms with Crippen molar-refractivity contribution in [3.05, 3.63) is 23.4 Å². The van der Waals surface area contributed by atoms with E-state index < -0.39 is 0 Å². The summed E-state index contributed by atoms with van der Waals surface area (Å²) >= 11 is 5.68. The predicted octanol–water partition coefficient (Wildman–Crippen LogP) is 2.50. The van der Waals surface area contributed by atoms with E-state index in [2.05, 4.69) is 0 Å². The van der Waals surface area contributed by atoms with Crippen molar-refractivity contribution in [1.29, 1.82) is 0 Å². The second kappa shape index (κ2) is 2.32. The van der Waals surface area contributed by atoms with E-state index in [0.29, 0.717) is 11.0 Å². The number of hydrogen-bond acceptors (Lipinski definition) is 3. The normalized spacial score (nSPS) is 10.8. The second-order valence-electron chi connectivity index (χ2n) is 2.40. The summed E-state index contributed by atoms with van der Waals surface area (Å²) in [5, 5.41) is 19.0. The van der Waals surface area contributed by atoms with Crippen LogP contribution in [0, 0.1) is 0 Å². The molecule has 2 aromatic rings. The van der Waals surface area contributed by atoms with Crippen molar-refractivity contribution in [2.45, 2.75) is 0 Å². The monoisotopic (exact) mass is 184 g/mol. The van der Waals surface area contributed by atoms with Crippen molar-refractivity contribution in [2.75, 3.05) is 0 Å². The smallest absolute Gasteiger partial charge is 0.161 e. The van der Waals surface area contributed by atoms with Gasteiger partial charge in [-0.3, -0.25) is 0 Å². The van der Waals surface area contributed by atoms with E-state index in [1.54, 1.807) is 0 Å². The SMILES string of the molecule is Oc1ccc2c(O)coc2c1Cl. The number of fused-ring (bicyclic) bond motifs is 1. The molecule has 62 valence electrons. The molecule has 0 aliphatic heterocycles. The lowest BCUT2D eigenvalue weighted by Gasteiger charge is -1.95. The summed E-state index contributed by atoms with van der Waals surface area (Å²) in [7, 11) is 0. The molecule has 0 spiro atoms. The number of aromatic hydroxyl groups is 2. The molecule has 0 amide bonds. The molecule has 2 N–H and O–H groups in total. The molecule has 0 radical (unpaired) electrons. The highest BCUT2D eigenvalue weighted by atomic mass is 35.5. The molecule has 0 unspecified atom stereocenters. The van der Waals surface area contributed by atoms with E-state index >= 15 is 0 Å². The van der Waals surface area contributed by atoms with Gasteiger partial charge in [0.2, 0.25) is 0 Å². The fourth-order valence-electron chi connectivity index (χ4n) is 1.04. The fraction of sp³-hybridized carbons (Fsp3) is 0. The Bertz CT molecular complexity index is 433. The highest BCUT2D eigenvalue weighted by molar-refractivity contribution is 6.36. The van der Waals surface area contributed by atoms with Crippen molar-refractivity contribution in [3.63, 3.8) is 0 Å². The van der Waals surface area contributed by atoms with Gasteiger partial charge in [-0.1, -0.05) is 11.6 Å². The quantitative estimate of drug-likeness (QED) is 0.662. The minimum absolute atomic E-state index is 0.0203. The van der Waals surface area contributed by atoms with Crippen molar-refractivity contribution < 1.29 is 14.6 Å². The van der Waals surface area contributed by atoms with Gasteiger partial charge in [-0.05, 0) is 12.1 Å². The summed E-state index contributed by atoms with van der Waals surface area (Å²) in [6.07, 6.45) is 1.18. The van der Waals surface area contributed by atoms with Crippen LogP contribution in [-0.4, -0.2) is 10.2 Å². The largest absolute Gasteiger partial charge is 0.506 e. The van der Waals surface area contributed by atoms with E-state index in [-0.39, 0.29) is 16.5 Å². The summed E-state index contributed by atoms with van der Waals surface area (Å²) < 4.78 is 4.92. The zero-order valence-corrected chi connectivity index (χ0v) is 6.67. The van der Waals surface area contributed by atoms with Crippen LogP contribution < -0.4 is 0 Å². The molecule has 0 aliphatic carbocycles. The zero-order valence-electron chi connectivity index (χ0n) is 5.91. The average Bonchev–Trinajstić information content (AvgIpc) is 2.41. The van der Waals surface area contributed by atoms with Crippen LogP contribution >= 0.6 is 11.6 Å². The lowest BCUT2D eigenvalue weighted by atomic mass is 10.2. The van der Waals surface area contributed by atoms with E-state index in [9.17, 15) is 5.11 Å². The molecule has 0 aliphatic rings. The predicted molar refractivity (Wildman–Crippen MR) is 44.6 cm³/mol. The number of phenols is 1. The van der Waals surface area contributed by atoms with E-state index in [1.165, 1.54) is 18.4 Å². The molecule has 0 atom stereocenters. The molecule has 3 nitrogen and oxygen atoms in total. The standard InChI is InChI=1S/C8H5ClO3/c9-7-5(10)2-1-4-6(11)3-12-8(4)7/h1-3,10-11H. The third kappa shape index (κ3) is 0.833. The van der Waals surface area contributed by atoms with Gasteiger partial charge in [-0.25, -0.2) is 0 Å². The van der Waals surface area contributed by atoms with Gasteiger partial charge in [-0.15, -0.1) is 0 Å². The third-order valence-corrected chi connectivity index (χ3v) is 2.01. The number of hydrogen-bond donors (Lipinski definition) is 2. The maximum Gasteiger partial charge on any atom is 0.161 e. The summed E-state index contributed by atoms with van der Waals surface area (Å²) in [6.45, 7) is 0. The number of rotatable bonds is 0. The molecule has 0 fully saturated rings. The third-order valence-electron chi connectivity index (χ3n) is 1.64. The number of furan rings is 1. The fourth-order valence-corrected chi connectivity index (χ4v) is 1.25. The molecular weight excluding hydrogens is 180 g/mol. The van der Waals surface area contributed by atoms with E-state index in [4.69, 9.17) is 21.1 Å². The highest BCUT2D eigenvalue weighted by Crippen LogP contribution is 2.36. The van der Waals surface area contributed by atoms with Crippen LogP contribution in [0.4, 0.5) is 0 Å². The summed E-state index contributed by atoms with van der Waals surface area (Å²) in [6, 6.07) is 2.94. The summed E-state index contributed by atoms with van der Waals surface area (Å²) in [4.78, 5) is 0. The van der Waals surface area contributed by atoms with Crippen molar-refractivity contribution in [3.8, 4) is 11.5 Å². The van der Waals surface area contributed by atoms with Gasteiger partial charge in [0.1, 0.15) is 17.0 Å². The van der Waals surface area contributed by atoms with Crippen molar-refractivity contribution in [1.82, 2.24) is 0 Å². The Labute approximate surface area is 72.8 Å². The first-order valence-electron chi connectivity index (χ1n) is 3.28. The molecule has 12 heavy (non-hydrogen) atoms. The summed E-state index contributed by atoms with van der Waals surface area (Å²) in [5.74, 6) is -0.0367. The van der Waals surface area contributed by atoms with Crippen LogP contribution in [0.2, 0.25) is 5.02 Å². The zero-order chi connectivity index (χ0) is 8.72. The second-order valence-corrected chi connectivity index (χ2v) is 2.77. The van der Waals surface area contributed by atoms with Crippen LogP contribution in [-0.2, 0) is 0 Å². The van der Waals surface area contributed by atoms with Gasteiger partial charge in [-0.2, -0.15) is 0 Å². The van der Waals surface area contributed by atoms with Crippen LogP contribution in [0.1, 0.15) is 0 Å². The molecule has 1 aromatic heterocycles. The molecule has 1 heterocycles.